The van der Waals surface area contributed by atoms with Crippen LogP contribution in [0.2, 0.25) is 0 Å². The number of aryl methyl sites for hydroxylation is 1. The molecular formula is C27H33NO4S. The predicted octanol–water partition coefficient (Wildman–Crippen LogP) is 6.08. The second-order valence-electron chi connectivity index (χ2n) is 8.77. The van der Waals surface area contributed by atoms with E-state index in [-0.39, 0.29) is 0 Å². The number of carboxylic acids is 1. The third-order valence-corrected chi connectivity index (χ3v) is 7.45. The average Bonchev–Trinajstić information content (AvgIpc) is 2.97. The van der Waals surface area contributed by atoms with Crippen LogP contribution in [0.3, 0.4) is 0 Å². The molecule has 2 aliphatic carbocycles. The molecule has 1 aromatic carbocycles. The highest BCUT2D eigenvalue weighted by atomic mass is 32.2. The number of unbranched alkanes of at least 4 members (excludes halogenated alkanes) is 4. The normalized spacial score (nSPS) is 11.8. The molecule has 0 aliphatic heterocycles. The second-order valence-corrected chi connectivity index (χ2v) is 10.5. The average molecular weight is 468 g/mol. The van der Waals surface area contributed by atoms with Crippen LogP contribution in [-0.2, 0) is 16.4 Å². The third kappa shape index (κ3) is 6.65. The minimum absolute atomic E-state index is 0.293. The second kappa shape index (κ2) is 11.4. The van der Waals surface area contributed by atoms with E-state index < -0.39 is 16.0 Å². The van der Waals surface area contributed by atoms with Crippen LogP contribution < -0.4 is 4.72 Å². The van der Waals surface area contributed by atoms with Crippen molar-refractivity contribution in [3.63, 3.8) is 0 Å². The number of rotatable bonds is 12. The summed E-state index contributed by atoms with van der Waals surface area (Å²) >= 11 is 0. The van der Waals surface area contributed by atoms with Gasteiger partial charge in [0.15, 0.2) is 0 Å². The first kappa shape index (κ1) is 24.9. The molecule has 33 heavy (non-hydrogen) atoms. The summed E-state index contributed by atoms with van der Waals surface area (Å²) < 4.78 is 27.1. The summed E-state index contributed by atoms with van der Waals surface area (Å²) in [5.74, 6) is -0.553. The number of aromatic carboxylic acids is 1. The molecule has 176 valence electrons. The number of nitrogens with one attached hydrogen (secondary N) is 1. The first-order chi connectivity index (χ1) is 15.8. The zero-order chi connectivity index (χ0) is 23.8. The van der Waals surface area contributed by atoms with E-state index in [0.717, 1.165) is 60.8 Å². The predicted molar refractivity (Wildman–Crippen MR) is 133 cm³/mol. The highest BCUT2D eigenvalue weighted by molar-refractivity contribution is 7.89. The Morgan fingerprint density at radius 3 is 2.27 bits per heavy atom. The van der Waals surface area contributed by atoms with Crippen LogP contribution in [-0.4, -0.2) is 26.0 Å². The van der Waals surface area contributed by atoms with E-state index in [1.165, 1.54) is 0 Å². The van der Waals surface area contributed by atoms with Gasteiger partial charge in [-0.3, -0.25) is 0 Å². The summed E-state index contributed by atoms with van der Waals surface area (Å²) in [6.07, 6.45) is 5.60. The molecule has 2 aliphatic rings. The summed E-state index contributed by atoms with van der Waals surface area (Å²) in [5.41, 5.74) is 4.44. The van der Waals surface area contributed by atoms with E-state index in [4.69, 9.17) is 0 Å². The molecule has 0 heterocycles. The van der Waals surface area contributed by atoms with E-state index in [9.17, 15) is 18.3 Å². The van der Waals surface area contributed by atoms with Crippen molar-refractivity contribution >= 4 is 16.0 Å². The maximum absolute atomic E-state index is 12.2. The fourth-order valence-corrected chi connectivity index (χ4v) is 5.17. The maximum atomic E-state index is 12.2. The fraction of sp³-hybridized carbons (Fsp3) is 0.370. The largest absolute Gasteiger partial charge is 0.478 e. The Morgan fingerprint density at radius 2 is 1.58 bits per heavy atom. The summed E-state index contributed by atoms with van der Waals surface area (Å²) in [6, 6.07) is 18.4. The van der Waals surface area contributed by atoms with Crippen molar-refractivity contribution in [2.24, 2.45) is 0 Å². The minimum atomic E-state index is -3.43. The third-order valence-electron chi connectivity index (χ3n) is 5.97. The smallest absolute Gasteiger partial charge is 0.336 e. The van der Waals surface area contributed by atoms with Gasteiger partial charge < -0.3 is 5.11 Å². The molecular weight excluding hydrogens is 434 g/mol. The number of fused-ring (bicyclic) bond motifs is 1. The molecule has 0 radical (unpaired) electrons. The Labute approximate surface area is 197 Å². The molecule has 0 atom stereocenters. The van der Waals surface area contributed by atoms with Crippen LogP contribution in [0.5, 0.6) is 0 Å². The summed E-state index contributed by atoms with van der Waals surface area (Å²) in [4.78, 5) is 12.1. The van der Waals surface area contributed by atoms with E-state index in [1.54, 1.807) is 30.3 Å². The number of carbonyl (C=O) groups is 1. The van der Waals surface area contributed by atoms with Gasteiger partial charge in [-0.2, -0.15) is 0 Å². The van der Waals surface area contributed by atoms with E-state index >= 15 is 0 Å². The number of hydrogen-bond acceptors (Lipinski definition) is 3. The number of hydrogen-bond donors (Lipinski definition) is 2. The van der Waals surface area contributed by atoms with Gasteiger partial charge in [-0.15, -0.1) is 0 Å². The zero-order valence-corrected chi connectivity index (χ0v) is 20.2. The van der Waals surface area contributed by atoms with Gasteiger partial charge in [-0.25, -0.2) is 17.9 Å². The van der Waals surface area contributed by atoms with Crippen molar-refractivity contribution in [1.29, 1.82) is 0 Å². The van der Waals surface area contributed by atoms with Crippen molar-refractivity contribution in [2.45, 2.75) is 63.2 Å². The van der Waals surface area contributed by atoms with Crippen LogP contribution in [0.4, 0.5) is 0 Å². The van der Waals surface area contributed by atoms with Gasteiger partial charge in [0, 0.05) is 6.54 Å². The number of benzene rings is 1. The quantitative estimate of drug-likeness (QED) is 0.316. The molecule has 1 aromatic rings. The Balaban J connectivity index is 1.47. The summed E-state index contributed by atoms with van der Waals surface area (Å²) in [5, 5.41) is 9.68. The number of carboxylic acid groups (broad SMARTS) is 1. The summed E-state index contributed by atoms with van der Waals surface area (Å²) in [6.45, 7) is 4.65. The van der Waals surface area contributed by atoms with E-state index in [2.05, 4.69) is 24.6 Å². The van der Waals surface area contributed by atoms with Crippen molar-refractivity contribution in [2.75, 3.05) is 6.54 Å². The lowest BCUT2D eigenvalue weighted by molar-refractivity contribution is 0.0698. The zero-order valence-electron chi connectivity index (χ0n) is 19.4. The summed E-state index contributed by atoms with van der Waals surface area (Å²) in [7, 11) is -3.43. The first-order valence-electron chi connectivity index (χ1n) is 11.6. The van der Waals surface area contributed by atoms with Crippen LogP contribution in [0.15, 0.2) is 65.6 Å². The monoisotopic (exact) mass is 467 g/mol. The molecule has 0 saturated carbocycles. The fourth-order valence-electron chi connectivity index (χ4n) is 4.07. The van der Waals surface area contributed by atoms with Crippen molar-refractivity contribution in [3.8, 4) is 11.1 Å². The van der Waals surface area contributed by atoms with Gasteiger partial charge in [0.2, 0.25) is 10.0 Å². The lowest BCUT2D eigenvalue weighted by Gasteiger charge is -2.07. The number of sulfonamides is 1. The van der Waals surface area contributed by atoms with Crippen molar-refractivity contribution in [3.05, 3.63) is 77.4 Å². The van der Waals surface area contributed by atoms with Gasteiger partial charge >= 0.3 is 5.97 Å². The van der Waals surface area contributed by atoms with Crippen LogP contribution in [0.1, 0.15) is 73.4 Å². The first-order valence-corrected chi connectivity index (χ1v) is 13.1. The minimum Gasteiger partial charge on any atom is -0.478 e. The van der Waals surface area contributed by atoms with Crippen molar-refractivity contribution < 1.29 is 18.3 Å². The van der Waals surface area contributed by atoms with Gasteiger partial charge in [0.05, 0.1) is 10.5 Å². The standard InChI is InChI=1S/C27H33NO4S/c1-20(2)21-13-11-16-24-22(19-26(27(29)30)25(24)18-21)12-7-4-3-5-10-17-28-33(31,32)23-14-8-6-9-15-23/h6,8-9,11,13-16,18-20,28H,3-5,7,10,12,17H2,1-2H3,(H,29,30). The van der Waals surface area contributed by atoms with Gasteiger partial charge in [0.25, 0.3) is 0 Å². The van der Waals surface area contributed by atoms with E-state index in [1.807, 2.05) is 24.3 Å². The van der Waals surface area contributed by atoms with Gasteiger partial charge in [-0.05, 0) is 65.6 Å². The molecule has 0 aromatic heterocycles. The van der Waals surface area contributed by atoms with Gasteiger partial charge in [-0.1, -0.05) is 75.6 Å². The molecule has 2 N–H and O–H groups in total. The highest BCUT2D eigenvalue weighted by Gasteiger charge is 2.20. The van der Waals surface area contributed by atoms with E-state index in [0.29, 0.717) is 22.9 Å². The molecule has 0 bridgehead atoms. The molecule has 0 spiro atoms. The van der Waals surface area contributed by atoms with Crippen LogP contribution in [0.25, 0.3) is 11.1 Å². The molecule has 0 fully saturated rings. The molecule has 0 saturated heterocycles. The molecule has 3 rings (SSSR count). The van der Waals surface area contributed by atoms with Crippen LogP contribution >= 0.6 is 0 Å². The Hall–Kier alpha value is -2.70. The Morgan fingerprint density at radius 1 is 0.879 bits per heavy atom. The SMILES string of the molecule is CC(C)c1cccc2c(CCCCCCCNS(=O)(=O)c3ccccc3)cc(C(=O)O)c-2c1. The lowest BCUT2D eigenvalue weighted by Crippen LogP contribution is -2.24. The molecule has 0 amide bonds. The Kier molecular flexibility index (Phi) is 8.64. The topological polar surface area (TPSA) is 83.5 Å². The lowest BCUT2D eigenvalue weighted by atomic mass is 10.0. The van der Waals surface area contributed by atoms with Crippen LogP contribution in [0, 0.1) is 0 Å². The van der Waals surface area contributed by atoms with Gasteiger partial charge in [0.1, 0.15) is 0 Å². The molecule has 0 unspecified atom stereocenters. The molecule has 5 nitrogen and oxygen atoms in total. The maximum Gasteiger partial charge on any atom is 0.336 e. The highest BCUT2D eigenvalue weighted by Crippen LogP contribution is 2.35. The van der Waals surface area contributed by atoms with Crippen molar-refractivity contribution in [1.82, 2.24) is 4.72 Å². The Bertz CT molecular complexity index is 1140. The molecule has 6 heteroatoms.